The number of hydrogen-bond donors (Lipinski definition) is 1. The Hall–Kier alpha value is -1.79. The lowest BCUT2D eigenvalue weighted by atomic mass is 9.91. The number of allylic oxidation sites excluding steroid dienone is 1. The number of benzene rings is 1. The fourth-order valence-corrected chi connectivity index (χ4v) is 5.28. The summed E-state index contributed by atoms with van der Waals surface area (Å²) in [6.45, 7) is 3.43. The first-order chi connectivity index (χ1) is 12.0. The molecule has 1 fully saturated rings. The number of oxime groups is 1. The molecule has 0 spiro atoms. The molecule has 2 heterocycles. The summed E-state index contributed by atoms with van der Waals surface area (Å²) in [5.41, 5.74) is 4.11. The molecule has 3 rings (SSSR count). The number of fused-ring (bicyclic) bond motifs is 2. The van der Waals surface area contributed by atoms with Crippen LogP contribution in [0.1, 0.15) is 38.7 Å². The Morgan fingerprint density at radius 1 is 1.44 bits per heavy atom. The van der Waals surface area contributed by atoms with Crippen LogP contribution in [0, 0.1) is 0 Å². The van der Waals surface area contributed by atoms with Gasteiger partial charge in [0.25, 0.3) is 0 Å². The zero-order valence-electron chi connectivity index (χ0n) is 14.7. The van der Waals surface area contributed by atoms with Crippen molar-refractivity contribution in [1.29, 1.82) is 0 Å². The van der Waals surface area contributed by atoms with Gasteiger partial charge in [0.2, 0.25) is 0 Å². The van der Waals surface area contributed by atoms with E-state index in [2.05, 4.69) is 5.16 Å². The maximum atomic E-state index is 11.3. The van der Waals surface area contributed by atoms with Gasteiger partial charge < -0.3 is 14.7 Å². The molecule has 25 heavy (non-hydrogen) atoms. The van der Waals surface area contributed by atoms with E-state index in [4.69, 9.17) is 9.57 Å². The number of esters is 1. The van der Waals surface area contributed by atoms with E-state index in [1.807, 2.05) is 36.9 Å². The van der Waals surface area contributed by atoms with Crippen LogP contribution >= 0.6 is 11.8 Å². The minimum absolute atomic E-state index is 0.0139. The lowest BCUT2D eigenvalue weighted by molar-refractivity contribution is -0.131. The molecule has 0 radical (unpaired) electrons. The first-order valence-electron chi connectivity index (χ1n) is 8.49. The van der Waals surface area contributed by atoms with E-state index in [9.17, 15) is 9.90 Å². The van der Waals surface area contributed by atoms with Crippen molar-refractivity contribution in [2.45, 2.75) is 49.7 Å². The van der Waals surface area contributed by atoms with Crippen molar-refractivity contribution in [3.8, 4) is 5.75 Å². The molecule has 134 valence electrons. The minimum atomic E-state index is -0.368. The fourth-order valence-electron chi connectivity index (χ4n) is 3.59. The van der Waals surface area contributed by atoms with Crippen LogP contribution in [0.3, 0.4) is 0 Å². The van der Waals surface area contributed by atoms with Gasteiger partial charge in [-0.2, -0.15) is 0 Å². The molecule has 3 unspecified atom stereocenters. The third-order valence-corrected chi connectivity index (χ3v) is 6.11. The Bertz CT molecular complexity index is 728. The van der Waals surface area contributed by atoms with Gasteiger partial charge in [0.15, 0.2) is 0 Å². The molecule has 0 saturated carbocycles. The molecule has 2 aliphatic heterocycles. The highest BCUT2D eigenvalue weighted by Crippen LogP contribution is 2.50. The second-order valence-electron chi connectivity index (χ2n) is 6.27. The van der Waals surface area contributed by atoms with E-state index in [0.717, 1.165) is 41.7 Å². The first kappa shape index (κ1) is 18.0. The van der Waals surface area contributed by atoms with Crippen LogP contribution in [-0.4, -0.2) is 40.5 Å². The lowest BCUT2D eigenvalue weighted by Crippen LogP contribution is -2.26. The Kier molecular flexibility index (Phi) is 5.49. The summed E-state index contributed by atoms with van der Waals surface area (Å²) >= 11 is 1.82. The molecule has 2 aliphatic rings. The smallest absolute Gasteiger partial charge is 0.308 e. The Morgan fingerprint density at radius 2 is 2.24 bits per heavy atom. The average Bonchev–Trinajstić information content (AvgIpc) is 2.87. The van der Waals surface area contributed by atoms with Crippen LogP contribution in [-0.2, 0) is 9.63 Å². The largest absolute Gasteiger partial charge is 0.427 e. The number of nitrogens with zero attached hydrogens (tertiary/aromatic N) is 1. The van der Waals surface area contributed by atoms with Gasteiger partial charge in [-0.3, -0.25) is 4.79 Å². The van der Waals surface area contributed by atoms with Crippen molar-refractivity contribution in [2.24, 2.45) is 5.16 Å². The van der Waals surface area contributed by atoms with Gasteiger partial charge in [-0.25, -0.2) is 0 Å². The van der Waals surface area contributed by atoms with E-state index >= 15 is 0 Å². The first-order valence-corrected chi connectivity index (χ1v) is 9.43. The number of aliphatic hydroxyl groups is 1. The van der Waals surface area contributed by atoms with E-state index in [0.29, 0.717) is 11.0 Å². The van der Waals surface area contributed by atoms with Gasteiger partial charge in [-0.05, 0) is 48.1 Å². The van der Waals surface area contributed by atoms with E-state index in [1.54, 1.807) is 13.2 Å². The molecule has 1 aromatic rings. The number of thioether (sulfide) groups is 1. The molecule has 0 aromatic heterocycles. The normalized spacial score (nSPS) is 25.9. The van der Waals surface area contributed by atoms with E-state index < -0.39 is 0 Å². The van der Waals surface area contributed by atoms with Crippen molar-refractivity contribution < 1.29 is 19.5 Å². The molecule has 6 heteroatoms. The van der Waals surface area contributed by atoms with Crippen LogP contribution in [0.25, 0.3) is 5.57 Å². The van der Waals surface area contributed by atoms with Crippen molar-refractivity contribution >= 4 is 29.0 Å². The Balaban J connectivity index is 2.10. The van der Waals surface area contributed by atoms with E-state index in [-0.39, 0.29) is 17.3 Å². The summed E-state index contributed by atoms with van der Waals surface area (Å²) in [4.78, 5) is 16.3. The summed E-state index contributed by atoms with van der Waals surface area (Å²) in [5.74, 6) is 0.195. The van der Waals surface area contributed by atoms with Gasteiger partial charge in [-0.1, -0.05) is 24.2 Å². The number of carbonyl (C=O) groups is 1. The van der Waals surface area contributed by atoms with Gasteiger partial charge in [0.1, 0.15) is 12.9 Å². The SMILES string of the molecule is CCC(=NOC)C1=C(c2cccc(OC(C)=O)c2)CC2CC(O)C1S2. The fraction of sp³-hybridized carbons (Fsp3) is 0.474. The zero-order valence-corrected chi connectivity index (χ0v) is 15.5. The maximum Gasteiger partial charge on any atom is 0.308 e. The standard InChI is InChI=1S/C19H23NO4S/c1-4-16(20-23-3)18-15(9-14-10-17(22)19(18)25-14)12-6-5-7-13(8-12)24-11(2)21/h5-8,14,17,19,22H,4,9-10H2,1-3H3. The van der Waals surface area contributed by atoms with Crippen molar-refractivity contribution in [3.05, 3.63) is 35.4 Å². The third-order valence-electron chi connectivity index (χ3n) is 4.53. The molecular weight excluding hydrogens is 338 g/mol. The van der Waals surface area contributed by atoms with Gasteiger partial charge in [-0.15, -0.1) is 11.8 Å². The van der Waals surface area contributed by atoms with Crippen LogP contribution in [0.5, 0.6) is 5.75 Å². The highest BCUT2D eigenvalue weighted by Gasteiger charge is 2.43. The Labute approximate surface area is 152 Å². The molecule has 1 aromatic carbocycles. The predicted octanol–water partition coefficient (Wildman–Crippen LogP) is 3.42. The van der Waals surface area contributed by atoms with Crippen LogP contribution in [0.4, 0.5) is 0 Å². The molecule has 3 atom stereocenters. The van der Waals surface area contributed by atoms with Crippen LogP contribution in [0.15, 0.2) is 35.0 Å². The molecular formula is C19H23NO4S. The van der Waals surface area contributed by atoms with E-state index in [1.165, 1.54) is 6.92 Å². The molecule has 1 saturated heterocycles. The van der Waals surface area contributed by atoms with Gasteiger partial charge >= 0.3 is 5.97 Å². The van der Waals surface area contributed by atoms with Crippen LogP contribution < -0.4 is 4.74 Å². The van der Waals surface area contributed by atoms with Gasteiger partial charge in [0.05, 0.1) is 17.1 Å². The number of aliphatic hydroxyl groups excluding tert-OH is 1. The van der Waals surface area contributed by atoms with Crippen molar-refractivity contribution in [1.82, 2.24) is 0 Å². The molecule has 5 nitrogen and oxygen atoms in total. The molecule has 1 N–H and O–H groups in total. The summed E-state index contributed by atoms with van der Waals surface area (Å²) in [5, 5.41) is 15.1. The minimum Gasteiger partial charge on any atom is -0.427 e. The monoisotopic (exact) mass is 361 g/mol. The highest BCUT2D eigenvalue weighted by atomic mass is 32.2. The average molecular weight is 361 g/mol. The molecule has 2 bridgehead atoms. The number of ether oxygens (including phenoxy) is 1. The van der Waals surface area contributed by atoms with Crippen molar-refractivity contribution in [2.75, 3.05) is 7.11 Å². The zero-order chi connectivity index (χ0) is 18.0. The second-order valence-corrected chi connectivity index (χ2v) is 7.72. The lowest BCUT2D eigenvalue weighted by Gasteiger charge is -2.28. The Morgan fingerprint density at radius 3 is 2.92 bits per heavy atom. The van der Waals surface area contributed by atoms with Crippen molar-refractivity contribution in [3.63, 3.8) is 0 Å². The number of rotatable bonds is 5. The summed E-state index contributed by atoms with van der Waals surface area (Å²) in [6.07, 6.45) is 2.01. The third kappa shape index (κ3) is 3.75. The summed E-state index contributed by atoms with van der Waals surface area (Å²) < 4.78 is 5.23. The predicted molar refractivity (Wildman–Crippen MR) is 99.8 cm³/mol. The number of carbonyl (C=O) groups excluding carboxylic acids is 1. The highest BCUT2D eigenvalue weighted by molar-refractivity contribution is 8.01. The number of hydrogen-bond acceptors (Lipinski definition) is 6. The quantitative estimate of drug-likeness (QED) is 0.377. The second kappa shape index (κ2) is 7.62. The van der Waals surface area contributed by atoms with Gasteiger partial charge in [0, 0.05) is 12.2 Å². The topological polar surface area (TPSA) is 68.1 Å². The molecule has 0 amide bonds. The summed E-state index contributed by atoms with van der Waals surface area (Å²) in [6, 6.07) is 7.57. The summed E-state index contributed by atoms with van der Waals surface area (Å²) in [7, 11) is 1.54. The maximum absolute atomic E-state index is 11.3. The van der Waals surface area contributed by atoms with Crippen LogP contribution in [0.2, 0.25) is 0 Å². The molecule has 0 aliphatic carbocycles.